The van der Waals surface area contributed by atoms with Crippen LogP contribution in [0.1, 0.15) is 28.1 Å². The lowest BCUT2D eigenvalue weighted by Gasteiger charge is -2.23. The highest BCUT2D eigenvalue weighted by molar-refractivity contribution is 7.92. The van der Waals surface area contributed by atoms with Crippen LogP contribution >= 0.6 is 0 Å². The molecule has 1 N–H and O–H groups in total. The number of carbonyl (C=O) groups excluding carboxylic acids is 1. The molecule has 0 aliphatic rings. The Labute approximate surface area is 232 Å². The molecular weight excluding hydrogens is 530 g/mol. The molecule has 0 spiro atoms. The number of sulfonamides is 1. The van der Waals surface area contributed by atoms with Gasteiger partial charge in [0, 0.05) is 28.7 Å². The van der Waals surface area contributed by atoms with Gasteiger partial charge in [-0.25, -0.2) is 18.1 Å². The summed E-state index contributed by atoms with van der Waals surface area (Å²) in [5, 5.41) is 15.7. The van der Waals surface area contributed by atoms with Gasteiger partial charge in [-0.3, -0.25) is 14.9 Å². The number of anilines is 1. The Morgan fingerprint density at radius 2 is 1.65 bits per heavy atom. The number of aryl methyl sites for hydroxylation is 3. The smallest absolute Gasteiger partial charge is 0.293 e. The number of nitro groups is 1. The molecule has 206 valence electrons. The summed E-state index contributed by atoms with van der Waals surface area (Å²) in [6, 6.07) is 20.9. The molecule has 0 aliphatic carbocycles. The number of nitrogens with zero attached hydrogens (tertiary/aromatic N) is 4. The summed E-state index contributed by atoms with van der Waals surface area (Å²) >= 11 is 0. The molecule has 0 aliphatic heterocycles. The van der Waals surface area contributed by atoms with Gasteiger partial charge in [-0.1, -0.05) is 36.4 Å². The van der Waals surface area contributed by atoms with Crippen molar-refractivity contribution in [3.8, 4) is 5.69 Å². The number of rotatable bonds is 9. The van der Waals surface area contributed by atoms with Crippen molar-refractivity contribution in [2.75, 3.05) is 10.8 Å². The number of nitro benzene ring substituents is 1. The highest BCUT2D eigenvalue weighted by Crippen LogP contribution is 2.32. The molecule has 10 nitrogen and oxygen atoms in total. The van der Waals surface area contributed by atoms with Crippen molar-refractivity contribution in [3.63, 3.8) is 0 Å². The molecule has 0 fully saturated rings. The predicted octanol–water partition coefficient (Wildman–Crippen LogP) is 4.96. The van der Waals surface area contributed by atoms with E-state index >= 15 is 0 Å². The van der Waals surface area contributed by atoms with Crippen LogP contribution in [-0.4, -0.2) is 36.6 Å². The van der Waals surface area contributed by atoms with E-state index in [1.807, 2.05) is 26.0 Å². The maximum atomic E-state index is 13.5. The zero-order valence-corrected chi connectivity index (χ0v) is 23.3. The molecule has 1 aromatic heterocycles. The zero-order valence-electron chi connectivity index (χ0n) is 22.5. The third-order valence-corrected chi connectivity index (χ3v) is 8.35. The normalized spacial score (nSPS) is 11.5. The monoisotopic (exact) mass is 559 g/mol. The number of aromatic nitrogens is 1. The van der Waals surface area contributed by atoms with E-state index in [2.05, 4.69) is 41.1 Å². The lowest BCUT2D eigenvalue weighted by Crippen LogP contribution is -2.39. The third kappa shape index (κ3) is 5.79. The third-order valence-electron chi connectivity index (χ3n) is 6.58. The Morgan fingerprint density at radius 1 is 0.975 bits per heavy atom. The maximum absolute atomic E-state index is 13.5. The molecule has 0 saturated carbocycles. The first-order valence-electron chi connectivity index (χ1n) is 12.4. The fourth-order valence-corrected chi connectivity index (χ4v) is 5.82. The number of benzene rings is 3. The Hall–Kier alpha value is -4.77. The largest absolute Gasteiger partial charge is 0.318 e. The van der Waals surface area contributed by atoms with Gasteiger partial charge >= 0.3 is 0 Å². The average Bonchev–Trinajstić information content (AvgIpc) is 3.21. The summed E-state index contributed by atoms with van der Waals surface area (Å²) in [6.07, 6.45) is 1.48. The van der Waals surface area contributed by atoms with E-state index in [1.54, 1.807) is 6.07 Å². The van der Waals surface area contributed by atoms with Crippen LogP contribution in [0.5, 0.6) is 0 Å². The number of hydrogen-bond acceptors (Lipinski definition) is 6. The summed E-state index contributed by atoms with van der Waals surface area (Å²) in [5.74, 6) is -0.767. The zero-order chi connectivity index (χ0) is 29.0. The second-order valence-electron chi connectivity index (χ2n) is 9.29. The van der Waals surface area contributed by atoms with E-state index in [4.69, 9.17) is 0 Å². The van der Waals surface area contributed by atoms with E-state index in [9.17, 15) is 23.3 Å². The minimum absolute atomic E-state index is 0.108. The molecular formula is C29H29N5O5S. The molecule has 4 rings (SSSR count). The highest BCUT2D eigenvalue weighted by Gasteiger charge is 2.31. The highest BCUT2D eigenvalue weighted by atomic mass is 32.2. The lowest BCUT2D eigenvalue weighted by atomic mass is 10.1. The van der Waals surface area contributed by atoms with Crippen molar-refractivity contribution in [2.45, 2.75) is 32.6 Å². The maximum Gasteiger partial charge on any atom is 0.293 e. The molecule has 0 unspecified atom stereocenters. The number of amides is 1. The van der Waals surface area contributed by atoms with Gasteiger partial charge < -0.3 is 4.57 Å². The van der Waals surface area contributed by atoms with E-state index in [1.165, 1.54) is 65.9 Å². The molecule has 4 aromatic rings. The van der Waals surface area contributed by atoms with E-state index < -0.39 is 33.1 Å². The van der Waals surface area contributed by atoms with Crippen LogP contribution in [0.25, 0.3) is 5.69 Å². The lowest BCUT2D eigenvalue weighted by molar-refractivity contribution is -0.384. The standard InChI is InChI=1S/C29H29N5O5S/c1-20-14-15-25(16-21(20)2)33-22(3)17-24(23(33)4)18-30-31-29(35)19-32(27-12-8-9-13-28(27)34(36)37)40(38,39)26-10-6-5-7-11-26/h5-18H,19H2,1-4H3,(H,31,35)/b30-18-. The van der Waals surface area contributed by atoms with Gasteiger partial charge in [0.05, 0.1) is 16.0 Å². The van der Waals surface area contributed by atoms with Gasteiger partial charge in [-0.2, -0.15) is 5.10 Å². The van der Waals surface area contributed by atoms with Crippen molar-refractivity contribution >= 4 is 33.5 Å². The molecule has 40 heavy (non-hydrogen) atoms. The minimum Gasteiger partial charge on any atom is -0.318 e. The van der Waals surface area contributed by atoms with Crippen LogP contribution in [0.4, 0.5) is 11.4 Å². The predicted molar refractivity (Wildman–Crippen MR) is 155 cm³/mol. The van der Waals surface area contributed by atoms with Crippen molar-refractivity contribution in [3.05, 3.63) is 117 Å². The summed E-state index contributed by atoms with van der Waals surface area (Å²) in [5.41, 5.74) is 7.71. The molecule has 0 saturated heterocycles. The van der Waals surface area contributed by atoms with Gasteiger partial charge in [0.2, 0.25) is 0 Å². The fourth-order valence-electron chi connectivity index (χ4n) is 4.37. The Balaban J connectivity index is 1.60. The van der Waals surface area contributed by atoms with Crippen LogP contribution in [0, 0.1) is 37.8 Å². The molecule has 0 atom stereocenters. The Morgan fingerprint density at radius 3 is 2.33 bits per heavy atom. The Kier molecular flexibility index (Phi) is 8.15. The molecule has 11 heteroatoms. The SMILES string of the molecule is Cc1ccc(-n2c(C)cc(/C=N\NC(=O)CN(c3ccccc3[N+](=O)[O-])S(=O)(=O)c3ccccc3)c2C)cc1C. The van der Waals surface area contributed by atoms with Gasteiger partial charge in [-0.15, -0.1) is 0 Å². The Bertz CT molecular complexity index is 1710. The molecule has 3 aromatic carbocycles. The number of carbonyl (C=O) groups is 1. The van der Waals surface area contributed by atoms with Crippen molar-refractivity contribution in [2.24, 2.45) is 5.10 Å². The summed E-state index contributed by atoms with van der Waals surface area (Å²) in [7, 11) is -4.32. The molecule has 0 bridgehead atoms. The number of para-hydroxylation sites is 2. The fraction of sp³-hybridized carbons (Fsp3) is 0.172. The molecule has 1 heterocycles. The van der Waals surface area contributed by atoms with Crippen LogP contribution in [0.2, 0.25) is 0 Å². The van der Waals surface area contributed by atoms with E-state index in [-0.39, 0.29) is 10.6 Å². The first kappa shape index (κ1) is 28.2. The van der Waals surface area contributed by atoms with Gasteiger partial charge in [0.25, 0.3) is 21.6 Å². The molecule has 0 radical (unpaired) electrons. The van der Waals surface area contributed by atoms with E-state index in [0.29, 0.717) is 0 Å². The number of hydrogen-bond donors (Lipinski definition) is 1. The first-order chi connectivity index (χ1) is 19.0. The van der Waals surface area contributed by atoms with Crippen molar-refractivity contribution < 1.29 is 18.1 Å². The average molecular weight is 560 g/mol. The quantitative estimate of drug-likeness (QED) is 0.176. The van der Waals surface area contributed by atoms with Crippen LogP contribution in [0.15, 0.2) is 88.9 Å². The number of nitrogens with one attached hydrogen (secondary N) is 1. The topological polar surface area (TPSA) is 127 Å². The molecule has 1 amide bonds. The summed E-state index contributed by atoms with van der Waals surface area (Å²) in [6.45, 7) is 7.29. The van der Waals surface area contributed by atoms with Crippen LogP contribution in [-0.2, 0) is 14.8 Å². The van der Waals surface area contributed by atoms with Crippen LogP contribution in [0.3, 0.4) is 0 Å². The van der Waals surface area contributed by atoms with Gasteiger partial charge in [0.15, 0.2) is 0 Å². The van der Waals surface area contributed by atoms with Crippen molar-refractivity contribution in [1.82, 2.24) is 9.99 Å². The number of hydrazone groups is 1. The van der Waals surface area contributed by atoms with E-state index in [0.717, 1.165) is 26.9 Å². The van der Waals surface area contributed by atoms with Crippen LogP contribution < -0.4 is 9.73 Å². The van der Waals surface area contributed by atoms with Crippen molar-refractivity contribution in [1.29, 1.82) is 0 Å². The second-order valence-corrected chi connectivity index (χ2v) is 11.2. The second kappa shape index (κ2) is 11.5. The summed E-state index contributed by atoms with van der Waals surface area (Å²) < 4.78 is 29.8. The summed E-state index contributed by atoms with van der Waals surface area (Å²) in [4.78, 5) is 23.8. The first-order valence-corrected chi connectivity index (χ1v) is 13.8. The van der Waals surface area contributed by atoms with Gasteiger partial charge in [-0.05, 0) is 75.2 Å². The van der Waals surface area contributed by atoms with Gasteiger partial charge in [0.1, 0.15) is 12.2 Å². The minimum atomic E-state index is -4.32.